The first-order chi connectivity index (χ1) is 13.5. The van der Waals surface area contributed by atoms with Gasteiger partial charge in [0.25, 0.3) is 0 Å². The summed E-state index contributed by atoms with van der Waals surface area (Å²) in [6.07, 6.45) is 3.72. The molecule has 2 heterocycles. The van der Waals surface area contributed by atoms with E-state index in [2.05, 4.69) is 20.5 Å². The van der Waals surface area contributed by atoms with Crippen molar-refractivity contribution in [2.24, 2.45) is 7.05 Å². The summed E-state index contributed by atoms with van der Waals surface area (Å²) in [4.78, 5) is 19.4. The standard InChI is InChI=1S/C20H29N5O3/c1-14(16-11-15(27-3)5-6-18(16)28-4)23-19(26)13-25-10-7-21-12-17(25)20-22-8-9-24(20)2/h5-6,8-9,11,14,17,21H,7,10,12-13H2,1-4H3,(H,23,26). The van der Waals surface area contributed by atoms with Gasteiger partial charge in [0.05, 0.1) is 32.8 Å². The molecule has 2 unspecified atom stereocenters. The second-order valence-corrected chi connectivity index (χ2v) is 6.98. The van der Waals surface area contributed by atoms with Gasteiger partial charge in [0.2, 0.25) is 5.91 Å². The Balaban J connectivity index is 1.68. The summed E-state index contributed by atoms with van der Waals surface area (Å²) in [6.45, 7) is 4.69. The smallest absolute Gasteiger partial charge is 0.234 e. The van der Waals surface area contributed by atoms with Crippen LogP contribution < -0.4 is 20.1 Å². The van der Waals surface area contributed by atoms with Gasteiger partial charge in [-0.3, -0.25) is 9.69 Å². The largest absolute Gasteiger partial charge is 0.497 e. The molecule has 1 aromatic heterocycles. The fourth-order valence-electron chi connectivity index (χ4n) is 3.62. The van der Waals surface area contributed by atoms with Crippen molar-refractivity contribution < 1.29 is 14.3 Å². The zero-order valence-electron chi connectivity index (χ0n) is 16.9. The molecule has 0 spiro atoms. The van der Waals surface area contributed by atoms with Gasteiger partial charge in [-0.05, 0) is 25.1 Å². The van der Waals surface area contributed by atoms with Gasteiger partial charge in [-0.2, -0.15) is 0 Å². The molecule has 1 fully saturated rings. The van der Waals surface area contributed by atoms with Gasteiger partial charge in [0, 0.05) is 44.6 Å². The van der Waals surface area contributed by atoms with Gasteiger partial charge >= 0.3 is 0 Å². The fraction of sp³-hybridized carbons (Fsp3) is 0.500. The topological polar surface area (TPSA) is 80.7 Å². The molecule has 0 radical (unpaired) electrons. The van der Waals surface area contributed by atoms with Crippen LogP contribution in [0.25, 0.3) is 0 Å². The highest BCUT2D eigenvalue weighted by Gasteiger charge is 2.28. The lowest BCUT2D eigenvalue weighted by molar-refractivity contribution is -0.123. The van der Waals surface area contributed by atoms with E-state index in [4.69, 9.17) is 9.47 Å². The molecule has 3 rings (SSSR count). The van der Waals surface area contributed by atoms with E-state index in [0.29, 0.717) is 6.54 Å². The predicted molar refractivity (Wildman–Crippen MR) is 106 cm³/mol. The number of hydrogen-bond donors (Lipinski definition) is 2. The van der Waals surface area contributed by atoms with E-state index in [9.17, 15) is 4.79 Å². The maximum absolute atomic E-state index is 12.8. The third-order valence-corrected chi connectivity index (χ3v) is 5.14. The number of ether oxygens (including phenoxy) is 2. The monoisotopic (exact) mass is 387 g/mol. The van der Waals surface area contributed by atoms with E-state index in [1.807, 2.05) is 42.9 Å². The van der Waals surface area contributed by atoms with E-state index in [-0.39, 0.29) is 18.0 Å². The molecule has 1 aliphatic rings. The van der Waals surface area contributed by atoms with Crippen molar-refractivity contribution in [3.05, 3.63) is 42.0 Å². The molecule has 28 heavy (non-hydrogen) atoms. The molecule has 0 saturated carbocycles. The summed E-state index contributed by atoms with van der Waals surface area (Å²) in [7, 11) is 5.22. The molecule has 0 aliphatic carbocycles. The first-order valence-electron chi connectivity index (χ1n) is 9.46. The minimum Gasteiger partial charge on any atom is -0.497 e. The summed E-state index contributed by atoms with van der Waals surface area (Å²) in [5.74, 6) is 2.39. The van der Waals surface area contributed by atoms with Crippen LogP contribution in [0.3, 0.4) is 0 Å². The maximum atomic E-state index is 12.8. The van der Waals surface area contributed by atoms with Crippen molar-refractivity contribution >= 4 is 5.91 Å². The maximum Gasteiger partial charge on any atom is 0.234 e. The quantitative estimate of drug-likeness (QED) is 0.745. The number of hydrogen-bond acceptors (Lipinski definition) is 6. The zero-order valence-corrected chi connectivity index (χ0v) is 16.9. The lowest BCUT2D eigenvalue weighted by atomic mass is 10.1. The molecule has 1 saturated heterocycles. The summed E-state index contributed by atoms with van der Waals surface area (Å²) >= 11 is 0. The van der Waals surface area contributed by atoms with Crippen LogP contribution in [0.15, 0.2) is 30.6 Å². The first kappa shape index (κ1) is 20.2. The lowest BCUT2D eigenvalue weighted by Gasteiger charge is -2.35. The number of aromatic nitrogens is 2. The molecule has 0 bridgehead atoms. The number of methoxy groups -OCH3 is 2. The number of carbonyl (C=O) groups is 1. The summed E-state index contributed by atoms with van der Waals surface area (Å²) < 4.78 is 12.8. The number of rotatable bonds is 7. The van der Waals surface area contributed by atoms with Gasteiger partial charge in [-0.15, -0.1) is 0 Å². The number of amides is 1. The van der Waals surface area contributed by atoms with Gasteiger partial charge in [0.15, 0.2) is 0 Å². The Hall–Kier alpha value is -2.58. The number of imidazole rings is 1. The number of piperazine rings is 1. The molecule has 2 atom stereocenters. The third-order valence-electron chi connectivity index (χ3n) is 5.14. The summed E-state index contributed by atoms with van der Waals surface area (Å²) in [5, 5.41) is 6.48. The van der Waals surface area contributed by atoms with Crippen LogP contribution in [0, 0.1) is 0 Å². The molecule has 1 aromatic carbocycles. The van der Waals surface area contributed by atoms with Crippen LogP contribution in [0.5, 0.6) is 11.5 Å². The molecule has 2 N–H and O–H groups in total. The average molecular weight is 387 g/mol. The van der Waals surface area contributed by atoms with E-state index < -0.39 is 0 Å². The Morgan fingerprint density at radius 1 is 1.39 bits per heavy atom. The number of benzene rings is 1. The van der Waals surface area contributed by atoms with Crippen LogP contribution in [0.2, 0.25) is 0 Å². The second kappa shape index (κ2) is 9.07. The molecule has 1 aliphatic heterocycles. The molecule has 8 heteroatoms. The van der Waals surface area contributed by atoms with E-state index in [1.54, 1.807) is 20.4 Å². The molecule has 1 amide bonds. The van der Waals surface area contributed by atoms with Crippen LogP contribution in [0.4, 0.5) is 0 Å². The minimum absolute atomic E-state index is 0.0292. The van der Waals surface area contributed by atoms with Crippen molar-refractivity contribution in [2.45, 2.75) is 19.0 Å². The van der Waals surface area contributed by atoms with Gasteiger partial charge in [-0.25, -0.2) is 4.98 Å². The second-order valence-electron chi connectivity index (χ2n) is 6.98. The van der Waals surface area contributed by atoms with Crippen LogP contribution in [-0.2, 0) is 11.8 Å². The van der Waals surface area contributed by atoms with Crippen molar-refractivity contribution in [3.8, 4) is 11.5 Å². The highest BCUT2D eigenvalue weighted by Crippen LogP contribution is 2.29. The van der Waals surface area contributed by atoms with Crippen LogP contribution in [-0.4, -0.2) is 60.8 Å². The van der Waals surface area contributed by atoms with Crippen molar-refractivity contribution in [1.29, 1.82) is 0 Å². The highest BCUT2D eigenvalue weighted by molar-refractivity contribution is 5.78. The van der Waals surface area contributed by atoms with Gasteiger partial charge in [0.1, 0.15) is 17.3 Å². The SMILES string of the molecule is COc1ccc(OC)c(C(C)NC(=O)CN2CCNCC2c2nccn2C)c1. The first-order valence-corrected chi connectivity index (χ1v) is 9.46. The summed E-state index contributed by atoms with van der Waals surface area (Å²) in [5.41, 5.74) is 0.885. The van der Waals surface area contributed by atoms with Crippen molar-refractivity contribution in [3.63, 3.8) is 0 Å². The Morgan fingerprint density at radius 3 is 2.89 bits per heavy atom. The average Bonchev–Trinajstić information content (AvgIpc) is 3.13. The Kier molecular flexibility index (Phi) is 6.53. The summed E-state index contributed by atoms with van der Waals surface area (Å²) in [6, 6.07) is 5.46. The number of nitrogens with zero attached hydrogens (tertiary/aromatic N) is 3. The van der Waals surface area contributed by atoms with Crippen LogP contribution in [0.1, 0.15) is 30.4 Å². The molecular formula is C20H29N5O3. The van der Waals surface area contributed by atoms with Crippen LogP contribution >= 0.6 is 0 Å². The number of aryl methyl sites for hydroxylation is 1. The molecular weight excluding hydrogens is 358 g/mol. The van der Waals surface area contributed by atoms with Gasteiger partial charge in [-0.1, -0.05) is 0 Å². The number of carbonyl (C=O) groups excluding carboxylic acids is 1. The number of nitrogens with one attached hydrogen (secondary N) is 2. The Labute approximate surface area is 165 Å². The Morgan fingerprint density at radius 2 is 2.21 bits per heavy atom. The van der Waals surface area contributed by atoms with Gasteiger partial charge < -0.3 is 24.7 Å². The normalized spacial score (nSPS) is 18.5. The highest BCUT2D eigenvalue weighted by atomic mass is 16.5. The predicted octanol–water partition coefficient (Wildman–Crippen LogP) is 1.26. The van der Waals surface area contributed by atoms with E-state index in [1.165, 1.54) is 0 Å². The Bertz CT molecular complexity index is 807. The lowest BCUT2D eigenvalue weighted by Crippen LogP contribution is -2.50. The third kappa shape index (κ3) is 4.45. The minimum atomic E-state index is -0.202. The van der Waals surface area contributed by atoms with Crippen molar-refractivity contribution in [2.75, 3.05) is 40.4 Å². The van der Waals surface area contributed by atoms with E-state index in [0.717, 1.165) is 42.5 Å². The van der Waals surface area contributed by atoms with Crippen molar-refractivity contribution in [1.82, 2.24) is 25.1 Å². The molecule has 152 valence electrons. The van der Waals surface area contributed by atoms with E-state index >= 15 is 0 Å². The molecule has 2 aromatic rings. The molecule has 8 nitrogen and oxygen atoms in total. The fourth-order valence-corrected chi connectivity index (χ4v) is 3.62. The zero-order chi connectivity index (χ0) is 20.1.